The van der Waals surface area contributed by atoms with Gasteiger partial charge in [-0.2, -0.15) is 0 Å². The summed E-state index contributed by atoms with van der Waals surface area (Å²) in [7, 11) is 4.13. The highest BCUT2D eigenvalue weighted by Crippen LogP contribution is 2.13. The van der Waals surface area contributed by atoms with Crippen LogP contribution in [0.15, 0.2) is 24.3 Å². The Bertz CT molecular complexity index is 329. The predicted octanol–water partition coefficient (Wildman–Crippen LogP) is 2.02. The number of benzene rings is 1. The van der Waals surface area contributed by atoms with Gasteiger partial charge in [-0.05, 0) is 30.5 Å². The summed E-state index contributed by atoms with van der Waals surface area (Å²) in [4.78, 5) is 2.12. The van der Waals surface area contributed by atoms with E-state index in [0.717, 1.165) is 32.6 Å². The maximum Gasteiger partial charge on any atom is 0.0480 e. The van der Waals surface area contributed by atoms with Crippen molar-refractivity contribution in [3.63, 3.8) is 0 Å². The Balaban J connectivity index is 1.82. The maximum atomic E-state index is 5.35. The van der Waals surface area contributed by atoms with Crippen LogP contribution in [-0.2, 0) is 11.3 Å². The fourth-order valence-corrected chi connectivity index (χ4v) is 2.08. The monoisotopic (exact) mass is 234 g/mol. The lowest BCUT2D eigenvalue weighted by molar-refractivity contribution is 0.0776. The van der Waals surface area contributed by atoms with Crippen molar-refractivity contribution in [3.05, 3.63) is 29.8 Å². The molecule has 1 heterocycles. The van der Waals surface area contributed by atoms with Crippen molar-refractivity contribution in [2.24, 2.45) is 0 Å². The molecule has 17 heavy (non-hydrogen) atoms. The summed E-state index contributed by atoms with van der Waals surface area (Å²) in [6.07, 6.45) is 2.27. The second kappa shape index (κ2) is 6.03. The quantitative estimate of drug-likeness (QED) is 0.862. The first-order valence-electron chi connectivity index (χ1n) is 6.33. The minimum atomic E-state index is 0.622. The summed E-state index contributed by atoms with van der Waals surface area (Å²) >= 11 is 0. The van der Waals surface area contributed by atoms with E-state index < -0.39 is 0 Å². The van der Waals surface area contributed by atoms with Gasteiger partial charge in [0.1, 0.15) is 0 Å². The molecule has 0 bridgehead atoms. The van der Waals surface area contributed by atoms with Crippen LogP contribution in [0.2, 0.25) is 0 Å². The van der Waals surface area contributed by atoms with Crippen LogP contribution < -0.4 is 10.2 Å². The molecule has 0 amide bonds. The lowest BCUT2D eigenvalue weighted by atomic mass is 10.1. The molecule has 0 spiro atoms. The first-order chi connectivity index (χ1) is 8.25. The van der Waals surface area contributed by atoms with Gasteiger partial charge >= 0.3 is 0 Å². The van der Waals surface area contributed by atoms with Gasteiger partial charge in [0.25, 0.3) is 0 Å². The lowest BCUT2D eigenvalue weighted by Crippen LogP contribution is -2.34. The number of nitrogens with one attached hydrogen (secondary N) is 1. The van der Waals surface area contributed by atoms with Gasteiger partial charge in [0, 0.05) is 45.6 Å². The smallest absolute Gasteiger partial charge is 0.0480 e. The summed E-state index contributed by atoms with van der Waals surface area (Å²) in [6.45, 7) is 2.76. The van der Waals surface area contributed by atoms with Crippen molar-refractivity contribution >= 4 is 5.69 Å². The minimum Gasteiger partial charge on any atom is -0.381 e. The van der Waals surface area contributed by atoms with E-state index in [-0.39, 0.29) is 0 Å². The topological polar surface area (TPSA) is 24.5 Å². The highest BCUT2D eigenvalue weighted by Gasteiger charge is 2.12. The Kier molecular flexibility index (Phi) is 4.40. The maximum absolute atomic E-state index is 5.35. The number of hydrogen-bond acceptors (Lipinski definition) is 3. The molecule has 3 heteroatoms. The van der Waals surface area contributed by atoms with Crippen LogP contribution in [0.3, 0.4) is 0 Å². The molecular formula is C14H22N2O. The lowest BCUT2D eigenvalue weighted by Gasteiger charge is -2.23. The van der Waals surface area contributed by atoms with Crippen LogP contribution in [-0.4, -0.2) is 33.4 Å². The molecule has 1 N–H and O–H groups in total. The molecule has 1 fully saturated rings. The predicted molar refractivity (Wildman–Crippen MR) is 71.4 cm³/mol. The molecule has 0 aromatic heterocycles. The molecule has 3 nitrogen and oxygen atoms in total. The zero-order valence-electron chi connectivity index (χ0n) is 10.8. The van der Waals surface area contributed by atoms with Gasteiger partial charge in [0.2, 0.25) is 0 Å². The average Bonchev–Trinajstić information content (AvgIpc) is 2.38. The van der Waals surface area contributed by atoms with Gasteiger partial charge in [-0.15, -0.1) is 0 Å². The van der Waals surface area contributed by atoms with Crippen LogP contribution in [0.1, 0.15) is 18.4 Å². The summed E-state index contributed by atoms with van der Waals surface area (Å²) in [5.41, 5.74) is 2.60. The van der Waals surface area contributed by atoms with E-state index >= 15 is 0 Å². The van der Waals surface area contributed by atoms with Crippen LogP contribution in [0.25, 0.3) is 0 Å². The Morgan fingerprint density at radius 2 is 1.82 bits per heavy atom. The van der Waals surface area contributed by atoms with E-state index in [9.17, 15) is 0 Å². The zero-order chi connectivity index (χ0) is 12.1. The third-order valence-electron chi connectivity index (χ3n) is 3.27. The van der Waals surface area contributed by atoms with Crippen LogP contribution >= 0.6 is 0 Å². The SMILES string of the molecule is CN(C)c1ccc(CNC2CCOCC2)cc1. The Morgan fingerprint density at radius 3 is 2.41 bits per heavy atom. The van der Waals surface area contributed by atoms with Crippen molar-refractivity contribution < 1.29 is 4.74 Å². The highest BCUT2D eigenvalue weighted by atomic mass is 16.5. The largest absolute Gasteiger partial charge is 0.381 e. The second-order valence-electron chi connectivity index (χ2n) is 4.83. The average molecular weight is 234 g/mol. The van der Waals surface area contributed by atoms with Crippen molar-refractivity contribution in [1.82, 2.24) is 5.32 Å². The number of anilines is 1. The summed E-state index contributed by atoms with van der Waals surface area (Å²) in [5.74, 6) is 0. The third-order valence-corrected chi connectivity index (χ3v) is 3.27. The van der Waals surface area contributed by atoms with Gasteiger partial charge in [0.15, 0.2) is 0 Å². The number of rotatable bonds is 4. The molecule has 0 atom stereocenters. The molecule has 1 aliphatic heterocycles. The van der Waals surface area contributed by atoms with Gasteiger partial charge < -0.3 is 15.0 Å². The molecule has 1 aliphatic rings. The fourth-order valence-electron chi connectivity index (χ4n) is 2.08. The van der Waals surface area contributed by atoms with Crippen LogP contribution in [0.5, 0.6) is 0 Å². The minimum absolute atomic E-state index is 0.622. The third kappa shape index (κ3) is 3.72. The Hall–Kier alpha value is -1.06. The van der Waals surface area contributed by atoms with Gasteiger partial charge in [-0.3, -0.25) is 0 Å². The van der Waals surface area contributed by atoms with Crippen molar-refractivity contribution in [1.29, 1.82) is 0 Å². The molecular weight excluding hydrogens is 212 g/mol. The molecule has 1 saturated heterocycles. The van der Waals surface area contributed by atoms with Gasteiger partial charge in [0.05, 0.1) is 0 Å². The standard InChI is InChI=1S/C14H22N2O/c1-16(2)14-5-3-12(4-6-14)11-15-13-7-9-17-10-8-13/h3-6,13,15H,7-11H2,1-2H3. The first kappa shape index (κ1) is 12.4. The number of ether oxygens (including phenoxy) is 1. The molecule has 1 aromatic carbocycles. The normalized spacial score (nSPS) is 17.1. The van der Waals surface area contributed by atoms with Crippen molar-refractivity contribution in [3.8, 4) is 0 Å². The van der Waals surface area contributed by atoms with Gasteiger partial charge in [-0.1, -0.05) is 12.1 Å². The number of hydrogen-bond donors (Lipinski definition) is 1. The summed E-state index contributed by atoms with van der Waals surface area (Å²) in [6, 6.07) is 9.35. The first-order valence-corrected chi connectivity index (χ1v) is 6.33. The van der Waals surface area contributed by atoms with E-state index in [2.05, 4.69) is 48.6 Å². The summed E-state index contributed by atoms with van der Waals surface area (Å²) in [5, 5.41) is 3.59. The number of nitrogens with zero attached hydrogens (tertiary/aromatic N) is 1. The van der Waals surface area contributed by atoms with E-state index in [1.165, 1.54) is 11.3 Å². The van der Waals surface area contributed by atoms with Gasteiger partial charge in [-0.25, -0.2) is 0 Å². The molecule has 2 rings (SSSR count). The van der Waals surface area contributed by atoms with Crippen molar-refractivity contribution in [2.45, 2.75) is 25.4 Å². The molecule has 0 aliphatic carbocycles. The molecule has 94 valence electrons. The molecule has 1 aromatic rings. The summed E-state index contributed by atoms with van der Waals surface area (Å²) < 4.78 is 5.35. The second-order valence-corrected chi connectivity index (χ2v) is 4.83. The molecule has 0 radical (unpaired) electrons. The van der Waals surface area contributed by atoms with E-state index in [4.69, 9.17) is 4.74 Å². The zero-order valence-corrected chi connectivity index (χ0v) is 10.8. The highest BCUT2D eigenvalue weighted by molar-refractivity contribution is 5.45. The Labute approximate surface area is 104 Å². The van der Waals surface area contributed by atoms with E-state index in [1.807, 2.05) is 0 Å². The van der Waals surface area contributed by atoms with Crippen LogP contribution in [0.4, 0.5) is 5.69 Å². The molecule has 0 saturated carbocycles. The Morgan fingerprint density at radius 1 is 1.18 bits per heavy atom. The van der Waals surface area contributed by atoms with E-state index in [1.54, 1.807) is 0 Å². The fraction of sp³-hybridized carbons (Fsp3) is 0.571. The van der Waals surface area contributed by atoms with Crippen molar-refractivity contribution in [2.75, 3.05) is 32.2 Å². The van der Waals surface area contributed by atoms with E-state index in [0.29, 0.717) is 6.04 Å². The van der Waals surface area contributed by atoms with Crippen LogP contribution in [0, 0.1) is 0 Å². The molecule has 0 unspecified atom stereocenters.